The highest BCUT2D eigenvalue weighted by molar-refractivity contribution is 7.90. The first-order valence-electron chi connectivity index (χ1n) is 7.11. The molecule has 0 saturated carbocycles. The average molecular weight is 333 g/mol. The van der Waals surface area contributed by atoms with E-state index in [-0.39, 0.29) is 17.3 Å². The second kappa shape index (κ2) is 6.93. The fraction of sp³-hybridized carbons (Fsp3) is 0.235. The van der Waals surface area contributed by atoms with E-state index >= 15 is 0 Å². The van der Waals surface area contributed by atoms with Crippen molar-refractivity contribution in [1.29, 1.82) is 0 Å². The van der Waals surface area contributed by atoms with Crippen LogP contribution in [0.25, 0.3) is 0 Å². The standard InChI is InChI=1S/C17H19NO4S/c1-12-5-3-4-6-15(12)16(19)11-18-17(20)13-7-9-14(10-8-13)23(2,21)22/h3-10,16,19H,11H2,1-2H3,(H,18,20). The van der Waals surface area contributed by atoms with Crippen LogP contribution < -0.4 is 5.32 Å². The van der Waals surface area contributed by atoms with Gasteiger partial charge >= 0.3 is 0 Å². The first-order chi connectivity index (χ1) is 10.8. The summed E-state index contributed by atoms with van der Waals surface area (Å²) in [5.41, 5.74) is 2.06. The second-order valence-electron chi connectivity index (χ2n) is 5.38. The first kappa shape index (κ1) is 17.2. The van der Waals surface area contributed by atoms with Crippen LogP contribution in [0.3, 0.4) is 0 Å². The number of hydrogen-bond donors (Lipinski definition) is 2. The molecule has 1 unspecified atom stereocenters. The van der Waals surface area contributed by atoms with Crippen LogP contribution in [0.5, 0.6) is 0 Å². The van der Waals surface area contributed by atoms with Gasteiger partial charge in [0.15, 0.2) is 9.84 Å². The lowest BCUT2D eigenvalue weighted by Gasteiger charge is -2.14. The van der Waals surface area contributed by atoms with Crippen LogP contribution in [0, 0.1) is 6.92 Å². The van der Waals surface area contributed by atoms with Crippen LogP contribution >= 0.6 is 0 Å². The zero-order valence-corrected chi connectivity index (χ0v) is 13.8. The van der Waals surface area contributed by atoms with Crippen molar-refractivity contribution in [2.24, 2.45) is 0 Å². The van der Waals surface area contributed by atoms with Gasteiger partial charge in [0.2, 0.25) is 0 Å². The van der Waals surface area contributed by atoms with Gasteiger partial charge in [0.25, 0.3) is 5.91 Å². The maximum absolute atomic E-state index is 12.1. The van der Waals surface area contributed by atoms with Crippen LogP contribution in [-0.2, 0) is 9.84 Å². The molecule has 0 heterocycles. The molecule has 0 aromatic heterocycles. The Morgan fingerprint density at radius 2 is 1.74 bits per heavy atom. The molecule has 0 spiro atoms. The molecule has 2 aromatic rings. The van der Waals surface area contributed by atoms with E-state index < -0.39 is 15.9 Å². The van der Waals surface area contributed by atoms with Crippen molar-refractivity contribution in [2.45, 2.75) is 17.9 Å². The topological polar surface area (TPSA) is 83.5 Å². The smallest absolute Gasteiger partial charge is 0.251 e. The summed E-state index contributed by atoms with van der Waals surface area (Å²) in [4.78, 5) is 12.2. The Balaban J connectivity index is 2.01. The molecule has 0 aliphatic rings. The quantitative estimate of drug-likeness (QED) is 0.875. The Labute approximate surface area is 135 Å². The lowest BCUT2D eigenvalue weighted by molar-refractivity contribution is 0.0916. The van der Waals surface area contributed by atoms with Gasteiger partial charge in [0.05, 0.1) is 11.0 Å². The molecule has 2 aromatic carbocycles. The fourth-order valence-corrected chi connectivity index (χ4v) is 2.85. The largest absolute Gasteiger partial charge is 0.387 e. The third kappa shape index (κ3) is 4.40. The molecule has 6 heteroatoms. The molecule has 1 atom stereocenters. The van der Waals surface area contributed by atoms with E-state index in [4.69, 9.17) is 0 Å². The Hall–Kier alpha value is -2.18. The number of sulfone groups is 1. The van der Waals surface area contributed by atoms with Crippen molar-refractivity contribution < 1.29 is 18.3 Å². The maximum Gasteiger partial charge on any atom is 0.251 e. The van der Waals surface area contributed by atoms with Gasteiger partial charge in [-0.15, -0.1) is 0 Å². The Morgan fingerprint density at radius 3 is 2.30 bits per heavy atom. The zero-order chi connectivity index (χ0) is 17.0. The van der Waals surface area contributed by atoms with E-state index in [9.17, 15) is 18.3 Å². The number of hydrogen-bond acceptors (Lipinski definition) is 4. The molecule has 23 heavy (non-hydrogen) atoms. The highest BCUT2D eigenvalue weighted by atomic mass is 32.2. The van der Waals surface area contributed by atoms with Gasteiger partial charge in [0, 0.05) is 18.4 Å². The number of carbonyl (C=O) groups excluding carboxylic acids is 1. The molecule has 0 fully saturated rings. The third-order valence-electron chi connectivity index (χ3n) is 3.55. The van der Waals surface area contributed by atoms with Crippen LogP contribution in [0.2, 0.25) is 0 Å². The van der Waals surface area contributed by atoms with E-state index in [1.54, 1.807) is 0 Å². The van der Waals surface area contributed by atoms with Crippen LogP contribution in [0.15, 0.2) is 53.4 Å². The monoisotopic (exact) mass is 333 g/mol. The molecular formula is C17H19NO4S. The molecule has 0 aliphatic heterocycles. The lowest BCUT2D eigenvalue weighted by atomic mass is 10.0. The minimum Gasteiger partial charge on any atom is -0.387 e. The molecule has 2 N–H and O–H groups in total. The van der Waals surface area contributed by atoms with E-state index in [2.05, 4.69) is 5.32 Å². The summed E-state index contributed by atoms with van der Waals surface area (Å²) >= 11 is 0. The summed E-state index contributed by atoms with van der Waals surface area (Å²) in [6.07, 6.45) is 0.316. The minimum atomic E-state index is -3.28. The number of aliphatic hydroxyl groups is 1. The fourth-order valence-electron chi connectivity index (χ4n) is 2.22. The Bertz CT molecular complexity index is 798. The summed E-state index contributed by atoms with van der Waals surface area (Å²) in [7, 11) is -3.28. The number of benzene rings is 2. The number of aliphatic hydroxyl groups excluding tert-OH is 1. The van der Waals surface area contributed by atoms with E-state index in [1.807, 2.05) is 31.2 Å². The molecule has 0 bridgehead atoms. The maximum atomic E-state index is 12.1. The zero-order valence-electron chi connectivity index (χ0n) is 13.0. The van der Waals surface area contributed by atoms with E-state index in [0.717, 1.165) is 17.4 Å². The van der Waals surface area contributed by atoms with Gasteiger partial charge in [-0.2, -0.15) is 0 Å². The number of carbonyl (C=O) groups is 1. The molecule has 0 aliphatic carbocycles. The normalized spacial score (nSPS) is 12.7. The van der Waals surface area contributed by atoms with Crippen LogP contribution in [0.4, 0.5) is 0 Å². The van der Waals surface area contributed by atoms with Crippen molar-refractivity contribution in [3.05, 3.63) is 65.2 Å². The summed E-state index contributed by atoms with van der Waals surface area (Å²) in [6.45, 7) is 1.97. The third-order valence-corrected chi connectivity index (χ3v) is 4.68. The summed E-state index contributed by atoms with van der Waals surface area (Å²) in [6, 6.07) is 13.1. The van der Waals surface area contributed by atoms with Gasteiger partial charge in [-0.05, 0) is 42.3 Å². The highest BCUT2D eigenvalue weighted by Gasteiger charge is 2.13. The molecule has 5 nitrogen and oxygen atoms in total. The highest BCUT2D eigenvalue weighted by Crippen LogP contribution is 2.16. The van der Waals surface area contributed by atoms with Crippen LogP contribution in [-0.4, -0.2) is 32.2 Å². The number of rotatable bonds is 5. The second-order valence-corrected chi connectivity index (χ2v) is 7.39. The average Bonchev–Trinajstić information content (AvgIpc) is 2.52. The number of nitrogens with one attached hydrogen (secondary N) is 1. The summed E-state index contributed by atoms with van der Waals surface area (Å²) < 4.78 is 22.8. The van der Waals surface area contributed by atoms with Crippen molar-refractivity contribution in [2.75, 3.05) is 12.8 Å². The predicted octanol–water partition coefficient (Wildman–Crippen LogP) is 1.86. The number of amides is 1. The Morgan fingerprint density at radius 1 is 1.13 bits per heavy atom. The van der Waals surface area contributed by atoms with E-state index in [0.29, 0.717) is 5.56 Å². The number of aryl methyl sites for hydroxylation is 1. The SMILES string of the molecule is Cc1ccccc1C(O)CNC(=O)c1ccc(S(C)(=O)=O)cc1. The Kier molecular flexibility index (Phi) is 5.18. The molecule has 0 radical (unpaired) electrons. The van der Waals surface area contributed by atoms with Crippen molar-refractivity contribution in [3.8, 4) is 0 Å². The van der Waals surface area contributed by atoms with Crippen LogP contribution in [0.1, 0.15) is 27.6 Å². The predicted molar refractivity (Wildman–Crippen MR) is 88.0 cm³/mol. The van der Waals surface area contributed by atoms with Gasteiger partial charge in [-0.1, -0.05) is 24.3 Å². The van der Waals surface area contributed by atoms with Crippen molar-refractivity contribution in [1.82, 2.24) is 5.32 Å². The minimum absolute atomic E-state index is 0.0809. The molecule has 1 amide bonds. The molecular weight excluding hydrogens is 314 g/mol. The summed E-state index contributed by atoms with van der Waals surface area (Å²) in [5, 5.41) is 12.8. The van der Waals surface area contributed by atoms with Gasteiger partial charge in [-0.3, -0.25) is 4.79 Å². The molecule has 0 saturated heterocycles. The van der Waals surface area contributed by atoms with Crippen molar-refractivity contribution >= 4 is 15.7 Å². The molecule has 122 valence electrons. The summed E-state index contributed by atoms with van der Waals surface area (Å²) in [5.74, 6) is -0.363. The van der Waals surface area contributed by atoms with Crippen molar-refractivity contribution in [3.63, 3.8) is 0 Å². The first-order valence-corrected chi connectivity index (χ1v) is 9.00. The van der Waals surface area contributed by atoms with Gasteiger partial charge in [-0.25, -0.2) is 8.42 Å². The lowest BCUT2D eigenvalue weighted by Crippen LogP contribution is -2.28. The van der Waals surface area contributed by atoms with Gasteiger partial charge < -0.3 is 10.4 Å². The van der Waals surface area contributed by atoms with Gasteiger partial charge in [0.1, 0.15) is 0 Å². The van der Waals surface area contributed by atoms with E-state index in [1.165, 1.54) is 24.3 Å². The molecule has 2 rings (SSSR count).